The molecule has 1 aromatic carbocycles. The van der Waals surface area contributed by atoms with Crippen molar-refractivity contribution in [1.82, 2.24) is 9.80 Å². The van der Waals surface area contributed by atoms with E-state index in [1.165, 1.54) is 0 Å². The molecular formula is C22H32N2O5. The summed E-state index contributed by atoms with van der Waals surface area (Å²) in [6.45, 7) is 4.27. The van der Waals surface area contributed by atoms with E-state index in [1.54, 1.807) is 44.2 Å². The second-order valence-electron chi connectivity index (χ2n) is 7.86. The van der Waals surface area contributed by atoms with Gasteiger partial charge >= 0.3 is 0 Å². The topological polar surface area (TPSA) is 68.3 Å². The quantitative estimate of drug-likeness (QED) is 0.729. The van der Waals surface area contributed by atoms with Crippen LogP contribution in [-0.4, -0.2) is 74.2 Å². The van der Waals surface area contributed by atoms with Crippen molar-refractivity contribution in [3.63, 3.8) is 0 Å². The van der Waals surface area contributed by atoms with Crippen LogP contribution in [0.4, 0.5) is 0 Å². The van der Waals surface area contributed by atoms with Gasteiger partial charge in [0.25, 0.3) is 5.91 Å². The highest BCUT2D eigenvalue weighted by Gasteiger charge is 2.26. The number of hydrogen-bond acceptors (Lipinski definition) is 5. The van der Waals surface area contributed by atoms with Gasteiger partial charge in [-0.05, 0) is 37.5 Å². The second-order valence-corrected chi connectivity index (χ2v) is 7.86. The lowest BCUT2D eigenvalue weighted by Crippen LogP contribution is -2.41. The first-order chi connectivity index (χ1) is 14.0. The molecule has 7 heteroatoms. The van der Waals surface area contributed by atoms with Gasteiger partial charge in [-0.1, -0.05) is 0 Å². The van der Waals surface area contributed by atoms with Gasteiger partial charge in [0.05, 0.1) is 18.8 Å². The van der Waals surface area contributed by atoms with E-state index in [9.17, 15) is 9.59 Å². The first-order valence-electron chi connectivity index (χ1n) is 10.4. The predicted octanol–water partition coefficient (Wildman–Crippen LogP) is 2.73. The zero-order valence-electron chi connectivity index (χ0n) is 17.7. The molecular weight excluding hydrogens is 372 g/mol. The monoisotopic (exact) mass is 404 g/mol. The highest BCUT2D eigenvalue weighted by Crippen LogP contribution is 2.28. The Balaban J connectivity index is 1.69. The Kier molecular flexibility index (Phi) is 7.36. The summed E-state index contributed by atoms with van der Waals surface area (Å²) in [6.07, 6.45) is 4.79. The lowest BCUT2D eigenvalue weighted by atomic mass is 10.1. The summed E-state index contributed by atoms with van der Waals surface area (Å²) in [5.74, 6) is 1.17. The van der Waals surface area contributed by atoms with Crippen LogP contribution in [-0.2, 0) is 9.53 Å². The third-order valence-corrected chi connectivity index (χ3v) is 5.70. The lowest BCUT2D eigenvalue weighted by Gasteiger charge is -2.32. The Morgan fingerprint density at radius 3 is 2.59 bits per heavy atom. The fourth-order valence-electron chi connectivity index (χ4n) is 3.92. The molecule has 2 saturated heterocycles. The third kappa shape index (κ3) is 5.63. The van der Waals surface area contributed by atoms with E-state index in [-0.39, 0.29) is 24.0 Å². The summed E-state index contributed by atoms with van der Waals surface area (Å²) in [4.78, 5) is 28.2. The maximum Gasteiger partial charge on any atom is 0.257 e. The average molecular weight is 405 g/mol. The van der Waals surface area contributed by atoms with E-state index >= 15 is 0 Å². The molecule has 0 bridgehead atoms. The summed E-state index contributed by atoms with van der Waals surface area (Å²) in [6, 6.07) is 5.34. The molecule has 2 aliphatic rings. The number of nitrogens with zero attached hydrogens (tertiary/aromatic N) is 2. The van der Waals surface area contributed by atoms with Crippen LogP contribution in [0.25, 0.3) is 0 Å². The van der Waals surface area contributed by atoms with Crippen LogP contribution in [0.5, 0.6) is 11.5 Å². The first-order valence-corrected chi connectivity index (χ1v) is 10.4. The fourth-order valence-corrected chi connectivity index (χ4v) is 3.92. The Morgan fingerprint density at radius 2 is 1.97 bits per heavy atom. The van der Waals surface area contributed by atoms with E-state index in [1.807, 2.05) is 4.90 Å². The number of likely N-dealkylation sites (tertiary alicyclic amines) is 1. The Morgan fingerprint density at radius 1 is 1.21 bits per heavy atom. The molecule has 7 nitrogen and oxygen atoms in total. The molecule has 0 aromatic heterocycles. The Labute approximate surface area is 172 Å². The molecule has 2 amide bonds. The lowest BCUT2D eigenvalue weighted by molar-refractivity contribution is -0.130. The van der Waals surface area contributed by atoms with Gasteiger partial charge in [0.15, 0.2) is 0 Å². The highest BCUT2D eigenvalue weighted by molar-refractivity contribution is 5.97. The van der Waals surface area contributed by atoms with Crippen LogP contribution in [0, 0.1) is 0 Å². The van der Waals surface area contributed by atoms with Crippen LogP contribution in [0.1, 0.15) is 49.4 Å². The molecule has 2 aliphatic heterocycles. The number of carbonyl (C=O) groups excluding carboxylic acids is 2. The largest absolute Gasteiger partial charge is 0.497 e. The molecule has 160 valence electrons. The maximum atomic E-state index is 13.2. The molecule has 0 unspecified atom stereocenters. The molecule has 2 fully saturated rings. The minimum atomic E-state index is -0.103. The molecule has 1 aromatic rings. The van der Waals surface area contributed by atoms with E-state index in [2.05, 4.69) is 0 Å². The van der Waals surface area contributed by atoms with E-state index in [0.29, 0.717) is 36.7 Å². The van der Waals surface area contributed by atoms with Crippen molar-refractivity contribution in [2.45, 2.75) is 51.2 Å². The Hall–Kier alpha value is -2.28. The van der Waals surface area contributed by atoms with Crippen molar-refractivity contribution in [2.24, 2.45) is 0 Å². The number of amides is 2. The number of rotatable bonds is 6. The highest BCUT2D eigenvalue weighted by atomic mass is 16.5. The van der Waals surface area contributed by atoms with Crippen LogP contribution >= 0.6 is 0 Å². The molecule has 0 radical (unpaired) electrons. The van der Waals surface area contributed by atoms with Crippen LogP contribution in [0.15, 0.2) is 18.2 Å². The van der Waals surface area contributed by atoms with Crippen molar-refractivity contribution >= 4 is 11.8 Å². The number of hydrogen-bond donors (Lipinski definition) is 0. The van der Waals surface area contributed by atoms with E-state index < -0.39 is 0 Å². The van der Waals surface area contributed by atoms with Crippen LogP contribution in [0.3, 0.4) is 0 Å². The van der Waals surface area contributed by atoms with Gasteiger partial charge in [-0.2, -0.15) is 0 Å². The van der Waals surface area contributed by atoms with Crippen molar-refractivity contribution < 1.29 is 23.8 Å². The molecule has 3 rings (SSSR count). The van der Waals surface area contributed by atoms with Crippen molar-refractivity contribution in [3.8, 4) is 11.5 Å². The maximum absolute atomic E-state index is 13.2. The summed E-state index contributed by atoms with van der Waals surface area (Å²) in [7, 11) is 3.39. The Bertz CT molecular complexity index is 709. The molecule has 29 heavy (non-hydrogen) atoms. The number of ether oxygens (including phenoxy) is 3. The molecule has 1 atom stereocenters. The van der Waals surface area contributed by atoms with Crippen molar-refractivity contribution in [3.05, 3.63) is 23.8 Å². The van der Waals surface area contributed by atoms with Gasteiger partial charge in [-0.3, -0.25) is 9.59 Å². The van der Waals surface area contributed by atoms with Gasteiger partial charge in [-0.25, -0.2) is 0 Å². The predicted molar refractivity (Wildman–Crippen MR) is 109 cm³/mol. The minimum Gasteiger partial charge on any atom is -0.497 e. The average Bonchev–Trinajstić information content (AvgIpc) is 2.74. The minimum absolute atomic E-state index is 0.0162. The summed E-state index contributed by atoms with van der Waals surface area (Å²) in [5.41, 5.74) is 0.497. The molecule has 0 saturated carbocycles. The number of benzene rings is 1. The summed E-state index contributed by atoms with van der Waals surface area (Å²) < 4.78 is 17.3. The molecule has 2 heterocycles. The van der Waals surface area contributed by atoms with Crippen molar-refractivity contribution in [1.29, 1.82) is 0 Å². The van der Waals surface area contributed by atoms with Gasteiger partial charge < -0.3 is 24.0 Å². The third-order valence-electron chi connectivity index (χ3n) is 5.70. The fraction of sp³-hybridized carbons (Fsp3) is 0.636. The summed E-state index contributed by atoms with van der Waals surface area (Å²) >= 11 is 0. The smallest absolute Gasteiger partial charge is 0.257 e. The second kappa shape index (κ2) is 9.96. The van der Waals surface area contributed by atoms with Gasteiger partial charge in [0.2, 0.25) is 5.91 Å². The van der Waals surface area contributed by atoms with Gasteiger partial charge in [-0.15, -0.1) is 0 Å². The normalized spacial score (nSPS) is 20.2. The number of likely N-dealkylation sites (N-methyl/N-ethyl adjacent to an activating group) is 1. The summed E-state index contributed by atoms with van der Waals surface area (Å²) in [5, 5.41) is 0. The SMILES string of the molecule is COc1ccc(OC2CCN(C(C)=O)CC2)c(C(=O)N(C)C[C@@H]2CCCCO2)c1. The van der Waals surface area contributed by atoms with E-state index in [0.717, 1.165) is 38.7 Å². The van der Waals surface area contributed by atoms with Crippen LogP contribution in [0.2, 0.25) is 0 Å². The van der Waals surface area contributed by atoms with Crippen LogP contribution < -0.4 is 9.47 Å². The van der Waals surface area contributed by atoms with Gasteiger partial charge in [0, 0.05) is 53.1 Å². The molecule has 0 N–H and O–H groups in total. The van der Waals surface area contributed by atoms with Crippen molar-refractivity contribution in [2.75, 3.05) is 40.4 Å². The zero-order valence-corrected chi connectivity index (χ0v) is 17.7. The molecule has 0 spiro atoms. The van der Waals surface area contributed by atoms with Gasteiger partial charge in [0.1, 0.15) is 17.6 Å². The number of piperidine rings is 1. The molecule has 0 aliphatic carbocycles. The standard InChI is InChI=1S/C22H32N2O5/c1-16(25)24-11-9-17(10-12-24)29-21-8-7-18(27-3)14-20(21)22(26)23(2)15-19-6-4-5-13-28-19/h7-8,14,17,19H,4-6,9-13,15H2,1-3H3/t19-/m0/s1. The zero-order chi connectivity index (χ0) is 20.8. The first kappa shape index (κ1) is 21.4. The number of carbonyl (C=O) groups is 2. The van der Waals surface area contributed by atoms with E-state index in [4.69, 9.17) is 14.2 Å². The number of methoxy groups -OCH3 is 1.